The normalized spacial score (nSPS) is 12.5. The van der Waals surface area contributed by atoms with Crippen molar-refractivity contribution in [2.24, 2.45) is 12.8 Å². The highest BCUT2D eigenvalue weighted by Crippen LogP contribution is 2.18. The summed E-state index contributed by atoms with van der Waals surface area (Å²) in [4.78, 5) is 10.9. The van der Waals surface area contributed by atoms with Gasteiger partial charge < -0.3 is 10.5 Å². The van der Waals surface area contributed by atoms with Crippen molar-refractivity contribution in [2.75, 3.05) is 7.11 Å². The Bertz CT molecular complexity index is 346. The van der Waals surface area contributed by atoms with E-state index < -0.39 is 0 Å². The Morgan fingerprint density at radius 1 is 1.73 bits per heavy atom. The summed E-state index contributed by atoms with van der Waals surface area (Å²) in [6.45, 7) is 1.96. The minimum Gasteiger partial charge on any atom is -0.469 e. The van der Waals surface area contributed by atoms with Gasteiger partial charge in [0.05, 0.1) is 13.3 Å². The van der Waals surface area contributed by atoms with Crippen molar-refractivity contribution in [2.45, 2.75) is 25.8 Å². The first-order chi connectivity index (χ1) is 7.06. The Hall–Kier alpha value is -1.36. The molecular formula is C10H17N3O2. The van der Waals surface area contributed by atoms with E-state index in [1.165, 1.54) is 7.11 Å². The zero-order valence-corrected chi connectivity index (χ0v) is 9.36. The van der Waals surface area contributed by atoms with E-state index in [1.54, 1.807) is 10.9 Å². The van der Waals surface area contributed by atoms with Gasteiger partial charge in [0.15, 0.2) is 0 Å². The van der Waals surface area contributed by atoms with Gasteiger partial charge in [0, 0.05) is 30.8 Å². The Morgan fingerprint density at radius 3 is 2.87 bits per heavy atom. The number of esters is 1. The van der Waals surface area contributed by atoms with Crippen LogP contribution in [0.2, 0.25) is 0 Å². The molecule has 0 aliphatic carbocycles. The summed E-state index contributed by atoms with van der Waals surface area (Å²) in [6, 6.07) is -0.155. The van der Waals surface area contributed by atoms with Gasteiger partial charge in [-0.1, -0.05) is 0 Å². The molecule has 1 rings (SSSR count). The molecule has 0 aliphatic heterocycles. The predicted octanol–water partition coefficient (Wildman–Crippen LogP) is 0.682. The average Bonchev–Trinajstić information content (AvgIpc) is 2.56. The van der Waals surface area contributed by atoms with Crippen LogP contribution in [0.15, 0.2) is 6.20 Å². The lowest BCUT2D eigenvalue weighted by molar-refractivity contribution is -0.140. The number of methoxy groups -OCH3 is 1. The van der Waals surface area contributed by atoms with E-state index in [1.807, 2.05) is 14.0 Å². The van der Waals surface area contributed by atoms with Crippen LogP contribution < -0.4 is 5.73 Å². The van der Waals surface area contributed by atoms with Gasteiger partial charge in [0.25, 0.3) is 0 Å². The van der Waals surface area contributed by atoms with Crippen molar-refractivity contribution in [3.63, 3.8) is 0 Å². The van der Waals surface area contributed by atoms with Gasteiger partial charge in [0.1, 0.15) is 0 Å². The van der Waals surface area contributed by atoms with E-state index in [2.05, 4.69) is 9.84 Å². The fourth-order valence-corrected chi connectivity index (χ4v) is 1.41. The van der Waals surface area contributed by atoms with E-state index >= 15 is 0 Å². The molecule has 1 atom stereocenters. The number of aryl methyl sites for hydroxylation is 1. The van der Waals surface area contributed by atoms with Crippen molar-refractivity contribution in [1.82, 2.24) is 9.78 Å². The van der Waals surface area contributed by atoms with Gasteiger partial charge in [0.2, 0.25) is 0 Å². The number of hydrogen-bond acceptors (Lipinski definition) is 4. The molecule has 15 heavy (non-hydrogen) atoms. The number of nitrogens with two attached hydrogens (primary N) is 1. The lowest BCUT2D eigenvalue weighted by atomic mass is 10.0. The van der Waals surface area contributed by atoms with Gasteiger partial charge >= 0.3 is 5.97 Å². The number of nitrogens with zero attached hydrogens (tertiary/aromatic N) is 2. The summed E-state index contributed by atoms with van der Waals surface area (Å²) in [5, 5.41) is 4.10. The molecule has 0 bridgehead atoms. The zero-order chi connectivity index (χ0) is 11.4. The number of carbonyl (C=O) groups is 1. The number of hydrogen-bond donors (Lipinski definition) is 1. The fraction of sp³-hybridized carbons (Fsp3) is 0.600. The van der Waals surface area contributed by atoms with Crippen LogP contribution in [0.25, 0.3) is 0 Å². The quantitative estimate of drug-likeness (QED) is 0.743. The minimum atomic E-state index is -0.230. The van der Waals surface area contributed by atoms with E-state index in [9.17, 15) is 4.79 Å². The monoisotopic (exact) mass is 211 g/mol. The second-order valence-corrected chi connectivity index (χ2v) is 3.53. The molecule has 0 amide bonds. The highest BCUT2D eigenvalue weighted by Gasteiger charge is 2.13. The van der Waals surface area contributed by atoms with Gasteiger partial charge in [-0.15, -0.1) is 0 Å². The van der Waals surface area contributed by atoms with Gasteiger partial charge in [-0.2, -0.15) is 5.10 Å². The van der Waals surface area contributed by atoms with Crippen LogP contribution in [0.4, 0.5) is 0 Å². The van der Waals surface area contributed by atoms with Crippen LogP contribution in [0.3, 0.4) is 0 Å². The van der Waals surface area contributed by atoms with Crippen LogP contribution in [0, 0.1) is 6.92 Å². The van der Waals surface area contributed by atoms with E-state index in [0.29, 0.717) is 12.8 Å². The second-order valence-electron chi connectivity index (χ2n) is 3.53. The van der Waals surface area contributed by atoms with Crippen LogP contribution in [0.1, 0.15) is 30.1 Å². The Morgan fingerprint density at radius 2 is 2.40 bits per heavy atom. The number of ether oxygens (including phenoxy) is 1. The van der Waals surface area contributed by atoms with Crippen LogP contribution in [0.5, 0.6) is 0 Å². The van der Waals surface area contributed by atoms with Gasteiger partial charge in [-0.3, -0.25) is 9.48 Å². The first kappa shape index (κ1) is 11.7. The molecule has 1 heterocycles. The molecule has 0 radical (unpaired) electrons. The van der Waals surface area contributed by atoms with Gasteiger partial charge in [-0.05, 0) is 13.3 Å². The summed E-state index contributed by atoms with van der Waals surface area (Å²) < 4.78 is 6.33. The SMILES string of the molecule is COC(=O)CCC(N)c1cnn(C)c1C. The van der Waals surface area contributed by atoms with Crippen molar-refractivity contribution >= 4 is 5.97 Å². The highest BCUT2D eigenvalue weighted by atomic mass is 16.5. The first-order valence-corrected chi connectivity index (χ1v) is 4.87. The zero-order valence-electron chi connectivity index (χ0n) is 9.36. The van der Waals surface area contributed by atoms with E-state index in [-0.39, 0.29) is 12.0 Å². The Labute approximate surface area is 89.2 Å². The van der Waals surface area contributed by atoms with Crippen LogP contribution >= 0.6 is 0 Å². The second kappa shape index (κ2) is 4.93. The standard InChI is InChI=1S/C10H17N3O2/c1-7-8(6-12-13(7)2)9(11)4-5-10(14)15-3/h6,9H,4-5,11H2,1-3H3. The molecule has 5 heteroatoms. The summed E-state index contributed by atoms with van der Waals surface area (Å²) in [6.07, 6.45) is 2.67. The lowest BCUT2D eigenvalue weighted by Crippen LogP contribution is -2.13. The van der Waals surface area contributed by atoms with Crippen molar-refractivity contribution in [1.29, 1.82) is 0 Å². The molecule has 0 fully saturated rings. The fourth-order valence-electron chi connectivity index (χ4n) is 1.41. The molecule has 0 saturated heterocycles. The Kier molecular flexibility index (Phi) is 3.85. The maximum Gasteiger partial charge on any atom is 0.305 e. The highest BCUT2D eigenvalue weighted by molar-refractivity contribution is 5.69. The molecule has 1 aromatic rings. The third-order valence-corrected chi connectivity index (χ3v) is 2.56. The molecule has 0 aromatic carbocycles. The lowest BCUT2D eigenvalue weighted by Gasteiger charge is -2.10. The smallest absolute Gasteiger partial charge is 0.305 e. The summed E-state index contributed by atoms with van der Waals surface area (Å²) >= 11 is 0. The van der Waals surface area contributed by atoms with E-state index in [0.717, 1.165) is 11.3 Å². The van der Waals surface area contributed by atoms with Crippen molar-refractivity contribution in [3.05, 3.63) is 17.5 Å². The molecule has 84 valence electrons. The minimum absolute atomic E-state index is 0.155. The molecule has 1 unspecified atom stereocenters. The predicted molar refractivity (Wildman–Crippen MR) is 56.1 cm³/mol. The van der Waals surface area contributed by atoms with Gasteiger partial charge in [-0.25, -0.2) is 0 Å². The largest absolute Gasteiger partial charge is 0.469 e. The maximum absolute atomic E-state index is 10.9. The van der Waals surface area contributed by atoms with Crippen LogP contribution in [-0.4, -0.2) is 22.9 Å². The number of aromatic nitrogens is 2. The molecule has 0 saturated carbocycles. The molecular weight excluding hydrogens is 194 g/mol. The third-order valence-electron chi connectivity index (χ3n) is 2.56. The van der Waals surface area contributed by atoms with Crippen molar-refractivity contribution in [3.8, 4) is 0 Å². The van der Waals surface area contributed by atoms with E-state index in [4.69, 9.17) is 5.73 Å². The number of rotatable bonds is 4. The third kappa shape index (κ3) is 2.79. The van der Waals surface area contributed by atoms with Crippen molar-refractivity contribution < 1.29 is 9.53 Å². The first-order valence-electron chi connectivity index (χ1n) is 4.87. The molecule has 0 aliphatic rings. The van der Waals surface area contributed by atoms with Crippen LogP contribution in [-0.2, 0) is 16.6 Å². The molecule has 1 aromatic heterocycles. The molecule has 5 nitrogen and oxygen atoms in total. The number of carbonyl (C=O) groups excluding carboxylic acids is 1. The molecule has 0 spiro atoms. The summed E-state index contributed by atoms with van der Waals surface area (Å²) in [5.41, 5.74) is 7.97. The summed E-state index contributed by atoms with van der Waals surface area (Å²) in [7, 11) is 3.25. The topological polar surface area (TPSA) is 70.1 Å². The Balaban J connectivity index is 2.57. The molecule has 2 N–H and O–H groups in total. The maximum atomic E-state index is 10.9. The summed E-state index contributed by atoms with van der Waals surface area (Å²) in [5.74, 6) is -0.230. The average molecular weight is 211 g/mol.